The number of aryl methyl sites for hydroxylation is 2. The summed E-state index contributed by atoms with van der Waals surface area (Å²) in [5, 5.41) is 3.59. The van der Waals surface area contributed by atoms with Gasteiger partial charge in [-0.2, -0.15) is 4.57 Å². The number of aromatic nitrogens is 1. The van der Waals surface area contributed by atoms with Gasteiger partial charge in [0.05, 0.1) is 5.38 Å². The summed E-state index contributed by atoms with van der Waals surface area (Å²) in [6, 6.07) is 0. The Balaban J connectivity index is 2.10. The van der Waals surface area contributed by atoms with Crippen LogP contribution in [0, 0.1) is 6.92 Å². The van der Waals surface area contributed by atoms with Gasteiger partial charge >= 0.3 is 0 Å². The monoisotopic (exact) mass is 198 g/mol. The third kappa shape index (κ3) is 3.90. The summed E-state index contributed by atoms with van der Waals surface area (Å²) in [6.07, 6.45) is 9.05. The largest absolute Gasteiger partial charge is 0.234 e. The first-order chi connectivity index (χ1) is 6.34. The Morgan fingerprint density at radius 3 is 2.62 bits per heavy atom. The van der Waals surface area contributed by atoms with E-state index in [2.05, 4.69) is 30.0 Å². The van der Waals surface area contributed by atoms with Crippen molar-refractivity contribution in [1.29, 1.82) is 0 Å². The molecule has 0 saturated carbocycles. The summed E-state index contributed by atoms with van der Waals surface area (Å²) in [5.74, 6) is 0. The van der Waals surface area contributed by atoms with Crippen molar-refractivity contribution in [3.8, 4) is 0 Å². The molecule has 13 heavy (non-hydrogen) atoms. The number of thiazole rings is 1. The van der Waals surface area contributed by atoms with Gasteiger partial charge in [0.15, 0.2) is 6.20 Å². The van der Waals surface area contributed by atoms with E-state index in [0.29, 0.717) is 0 Å². The summed E-state index contributed by atoms with van der Waals surface area (Å²) in [5.41, 5.74) is 0. The van der Waals surface area contributed by atoms with Crippen LogP contribution in [0.2, 0.25) is 0 Å². The Bertz CT molecular complexity index is 230. The highest BCUT2D eigenvalue weighted by Gasteiger charge is 2.05. The molecular weight excluding hydrogens is 178 g/mol. The van der Waals surface area contributed by atoms with Crippen LogP contribution in [0.4, 0.5) is 0 Å². The third-order valence-corrected chi connectivity index (χ3v) is 3.22. The van der Waals surface area contributed by atoms with E-state index in [1.807, 2.05) is 11.3 Å². The van der Waals surface area contributed by atoms with Crippen molar-refractivity contribution in [2.24, 2.45) is 0 Å². The van der Waals surface area contributed by atoms with Gasteiger partial charge in [-0.1, -0.05) is 37.5 Å². The minimum Gasteiger partial charge on any atom is -0.193 e. The number of hydrogen-bond donors (Lipinski definition) is 0. The van der Waals surface area contributed by atoms with Crippen molar-refractivity contribution in [3.05, 3.63) is 16.6 Å². The molecule has 1 heterocycles. The van der Waals surface area contributed by atoms with Crippen LogP contribution in [0.25, 0.3) is 0 Å². The Morgan fingerprint density at radius 1 is 1.23 bits per heavy atom. The maximum absolute atomic E-state index is 2.36. The predicted molar refractivity (Wildman–Crippen MR) is 58.0 cm³/mol. The molecule has 0 bridgehead atoms. The van der Waals surface area contributed by atoms with Crippen LogP contribution in [-0.2, 0) is 6.54 Å². The normalized spacial score (nSPS) is 10.6. The molecule has 74 valence electrons. The molecule has 0 aliphatic carbocycles. The predicted octanol–water partition coefficient (Wildman–Crippen LogP) is 3.31. The van der Waals surface area contributed by atoms with Crippen LogP contribution < -0.4 is 4.57 Å². The molecule has 0 aliphatic heterocycles. The number of rotatable bonds is 6. The molecule has 0 radical (unpaired) electrons. The van der Waals surface area contributed by atoms with E-state index in [1.54, 1.807) is 0 Å². The quantitative estimate of drug-likeness (QED) is 0.488. The molecule has 0 saturated heterocycles. The van der Waals surface area contributed by atoms with Gasteiger partial charge < -0.3 is 0 Å². The van der Waals surface area contributed by atoms with Crippen molar-refractivity contribution >= 4 is 11.3 Å². The smallest absolute Gasteiger partial charge is 0.193 e. The second kappa shape index (κ2) is 6.14. The summed E-state index contributed by atoms with van der Waals surface area (Å²) < 4.78 is 2.36. The minimum atomic E-state index is 1.21. The molecule has 0 aromatic carbocycles. The fourth-order valence-corrected chi connectivity index (χ4v) is 2.18. The van der Waals surface area contributed by atoms with E-state index >= 15 is 0 Å². The molecule has 2 heteroatoms. The first-order valence-corrected chi connectivity index (χ1v) is 6.16. The van der Waals surface area contributed by atoms with Gasteiger partial charge in [0.1, 0.15) is 6.54 Å². The lowest BCUT2D eigenvalue weighted by molar-refractivity contribution is -0.698. The highest BCUT2D eigenvalue weighted by molar-refractivity contribution is 7.09. The van der Waals surface area contributed by atoms with Gasteiger partial charge in [-0.3, -0.25) is 0 Å². The van der Waals surface area contributed by atoms with Crippen molar-refractivity contribution in [1.82, 2.24) is 0 Å². The van der Waals surface area contributed by atoms with E-state index in [4.69, 9.17) is 0 Å². The average molecular weight is 198 g/mol. The molecule has 0 spiro atoms. The molecule has 0 amide bonds. The number of unbranched alkanes of at least 4 members (excludes halogenated alkanes) is 4. The summed E-state index contributed by atoms with van der Waals surface area (Å²) in [4.78, 5) is 0. The Hall–Kier alpha value is -0.370. The van der Waals surface area contributed by atoms with Crippen LogP contribution in [0.5, 0.6) is 0 Å². The molecule has 0 fully saturated rings. The highest BCUT2D eigenvalue weighted by Crippen LogP contribution is 2.04. The molecule has 0 aliphatic rings. The van der Waals surface area contributed by atoms with E-state index in [-0.39, 0.29) is 0 Å². The molecule has 1 rings (SSSR count). The van der Waals surface area contributed by atoms with Gasteiger partial charge in [-0.25, -0.2) is 0 Å². The zero-order valence-corrected chi connectivity index (χ0v) is 9.57. The standard InChI is InChI=1S/C11H20NS/c1-3-4-5-6-7-8-12-9-10-13-11(12)2/h9-10H,3-8H2,1-2H3/q+1. The molecule has 0 atom stereocenters. The lowest BCUT2D eigenvalue weighted by atomic mass is 10.1. The van der Waals surface area contributed by atoms with E-state index in [9.17, 15) is 0 Å². The first-order valence-electron chi connectivity index (χ1n) is 5.28. The summed E-state index contributed by atoms with van der Waals surface area (Å²) in [7, 11) is 0. The van der Waals surface area contributed by atoms with Crippen LogP contribution in [0.3, 0.4) is 0 Å². The minimum absolute atomic E-state index is 1.21. The van der Waals surface area contributed by atoms with Crippen LogP contribution >= 0.6 is 11.3 Å². The molecule has 0 unspecified atom stereocenters. The summed E-state index contributed by atoms with van der Waals surface area (Å²) in [6.45, 7) is 5.66. The molecule has 1 aromatic heterocycles. The maximum atomic E-state index is 2.36. The second-order valence-electron chi connectivity index (χ2n) is 3.53. The fraction of sp³-hybridized carbons (Fsp3) is 0.727. The van der Waals surface area contributed by atoms with E-state index in [1.165, 1.54) is 43.7 Å². The number of nitrogens with zero attached hydrogens (tertiary/aromatic N) is 1. The zero-order valence-electron chi connectivity index (χ0n) is 8.75. The van der Waals surface area contributed by atoms with E-state index < -0.39 is 0 Å². The fourth-order valence-electron chi connectivity index (χ4n) is 1.49. The molecule has 0 N–H and O–H groups in total. The second-order valence-corrected chi connectivity index (χ2v) is 4.63. The average Bonchev–Trinajstić information content (AvgIpc) is 2.52. The van der Waals surface area contributed by atoms with Gasteiger partial charge in [0, 0.05) is 13.3 Å². The lowest BCUT2D eigenvalue weighted by Crippen LogP contribution is -2.33. The van der Waals surface area contributed by atoms with Gasteiger partial charge in [0.2, 0.25) is 5.01 Å². The molecular formula is C11H20NS+. The van der Waals surface area contributed by atoms with E-state index in [0.717, 1.165) is 0 Å². The van der Waals surface area contributed by atoms with Crippen molar-refractivity contribution in [3.63, 3.8) is 0 Å². The third-order valence-electron chi connectivity index (χ3n) is 2.39. The van der Waals surface area contributed by atoms with Gasteiger partial charge in [-0.05, 0) is 6.42 Å². The lowest BCUT2D eigenvalue weighted by Gasteiger charge is -1.96. The summed E-state index contributed by atoms with van der Waals surface area (Å²) >= 11 is 1.84. The first kappa shape index (κ1) is 10.7. The van der Waals surface area contributed by atoms with Crippen LogP contribution in [0.1, 0.15) is 44.0 Å². The Labute approximate surface area is 85.4 Å². The maximum Gasteiger partial charge on any atom is 0.234 e. The highest BCUT2D eigenvalue weighted by atomic mass is 32.1. The molecule has 1 nitrogen and oxygen atoms in total. The number of hydrogen-bond acceptors (Lipinski definition) is 1. The SMILES string of the molecule is CCCCCCC[n+]1ccsc1C. The molecule has 1 aromatic rings. The Kier molecular flexibility index (Phi) is 5.06. The zero-order chi connectivity index (χ0) is 9.52. The Morgan fingerprint density at radius 2 is 2.00 bits per heavy atom. The van der Waals surface area contributed by atoms with Crippen LogP contribution in [0.15, 0.2) is 11.6 Å². The van der Waals surface area contributed by atoms with Gasteiger partial charge in [-0.15, -0.1) is 0 Å². The van der Waals surface area contributed by atoms with Crippen molar-refractivity contribution < 1.29 is 4.57 Å². The van der Waals surface area contributed by atoms with Crippen LogP contribution in [-0.4, -0.2) is 0 Å². The van der Waals surface area contributed by atoms with Crippen molar-refractivity contribution in [2.45, 2.75) is 52.5 Å². The van der Waals surface area contributed by atoms with Crippen molar-refractivity contribution in [2.75, 3.05) is 0 Å². The van der Waals surface area contributed by atoms with Gasteiger partial charge in [0.25, 0.3) is 0 Å². The topological polar surface area (TPSA) is 3.88 Å².